The average Bonchev–Trinajstić information content (AvgIpc) is 3.00. The molecule has 2 aromatic rings. The second-order valence-corrected chi connectivity index (χ2v) is 4.32. The maximum absolute atomic E-state index is 11.7. The van der Waals surface area contributed by atoms with Crippen molar-refractivity contribution in [2.75, 3.05) is 10.6 Å². The van der Waals surface area contributed by atoms with Gasteiger partial charge in [0.1, 0.15) is 5.76 Å². The molecule has 5 nitrogen and oxygen atoms in total. The maximum Gasteiger partial charge on any atom is 0.248 e. The molecule has 1 aromatic heterocycles. The molecule has 2 N–H and O–H groups in total. The van der Waals surface area contributed by atoms with Crippen LogP contribution < -0.4 is 10.6 Å². The van der Waals surface area contributed by atoms with E-state index in [0.29, 0.717) is 23.6 Å². The van der Waals surface area contributed by atoms with Crippen molar-refractivity contribution in [2.45, 2.75) is 13.3 Å². The standard InChI is InChI=1S/C16H16N2O3/c1-2-15(19)17-12-5-7-13(8-6-12)18-16(20)10-9-14-4-3-11-21-14/h3-11H,2H2,1H3,(H,17,19)(H,18,20)/b10-9+. The molecular weight excluding hydrogens is 268 g/mol. The van der Waals surface area contributed by atoms with E-state index < -0.39 is 0 Å². The number of carbonyl (C=O) groups excluding carboxylic acids is 2. The predicted molar refractivity (Wildman–Crippen MR) is 81.7 cm³/mol. The molecule has 0 aliphatic carbocycles. The summed E-state index contributed by atoms with van der Waals surface area (Å²) in [5.74, 6) is 0.313. The van der Waals surface area contributed by atoms with Crippen molar-refractivity contribution in [1.82, 2.24) is 0 Å². The minimum Gasteiger partial charge on any atom is -0.465 e. The van der Waals surface area contributed by atoms with Crippen LogP contribution >= 0.6 is 0 Å². The topological polar surface area (TPSA) is 71.3 Å². The number of nitrogens with one attached hydrogen (secondary N) is 2. The Morgan fingerprint density at radius 1 is 1.10 bits per heavy atom. The van der Waals surface area contributed by atoms with E-state index in [4.69, 9.17) is 4.42 Å². The van der Waals surface area contributed by atoms with Crippen LogP contribution in [-0.2, 0) is 9.59 Å². The van der Waals surface area contributed by atoms with Gasteiger partial charge in [-0.2, -0.15) is 0 Å². The van der Waals surface area contributed by atoms with Crippen molar-refractivity contribution >= 4 is 29.3 Å². The molecule has 0 spiro atoms. The molecule has 0 aliphatic rings. The first-order chi connectivity index (χ1) is 10.2. The van der Waals surface area contributed by atoms with Gasteiger partial charge in [-0.25, -0.2) is 0 Å². The monoisotopic (exact) mass is 284 g/mol. The SMILES string of the molecule is CCC(=O)Nc1ccc(NC(=O)/C=C/c2ccco2)cc1. The number of furan rings is 1. The smallest absolute Gasteiger partial charge is 0.248 e. The minimum absolute atomic E-state index is 0.0480. The van der Waals surface area contributed by atoms with Crippen LogP contribution in [0.15, 0.2) is 53.2 Å². The van der Waals surface area contributed by atoms with E-state index in [1.165, 1.54) is 6.08 Å². The van der Waals surface area contributed by atoms with E-state index in [9.17, 15) is 9.59 Å². The summed E-state index contributed by atoms with van der Waals surface area (Å²) in [6.07, 6.45) is 4.95. The third-order valence-corrected chi connectivity index (χ3v) is 2.70. The van der Waals surface area contributed by atoms with Crippen LogP contribution in [0.2, 0.25) is 0 Å². The predicted octanol–water partition coefficient (Wildman–Crippen LogP) is 3.28. The number of amides is 2. The number of anilines is 2. The van der Waals surface area contributed by atoms with Gasteiger partial charge in [0.25, 0.3) is 0 Å². The Balaban J connectivity index is 1.90. The third-order valence-electron chi connectivity index (χ3n) is 2.70. The Labute approximate surface area is 122 Å². The summed E-state index contributed by atoms with van der Waals surface area (Å²) in [5, 5.41) is 5.46. The summed E-state index contributed by atoms with van der Waals surface area (Å²) in [6, 6.07) is 10.4. The zero-order valence-electron chi connectivity index (χ0n) is 11.6. The van der Waals surface area contributed by atoms with E-state index in [1.54, 1.807) is 55.7 Å². The Morgan fingerprint density at radius 3 is 2.33 bits per heavy atom. The second-order valence-electron chi connectivity index (χ2n) is 4.32. The van der Waals surface area contributed by atoms with Crippen LogP contribution in [0, 0.1) is 0 Å². The number of benzene rings is 1. The summed E-state index contributed by atoms with van der Waals surface area (Å²) >= 11 is 0. The number of hydrogen-bond donors (Lipinski definition) is 2. The van der Waals surface area contributed by atoms with Crippen LogP contribution in [0.4, 0.5) is 11.4 Å². The lowest BCUT2D eigenvalue weighted by atomic mass is 10.2. The lowest BCUT2D eigenvalue weighted by Crippen LogP contribution is -2.10. The molecule has 0 bridgehead atoms. The third kappa shape index (κ3) is 4.65. The number of carbonyl (C=O) groups is 2. The van der Waals surface area contributed by atoms with E-state index >= 15 is 0 Å². The molecule has 2 rings (SSSR count). The molecule has 1 aromatic carbocycles. The van der Waals surface area contributed by atoms with Gasteiger partial charge in [0.05, 0.1) is 6.26 Å². The zero-order chi connectivity index (χ0) is 15.1. The second kappa shape index (κ2) is 7.09. The van der Waals surface area contributed by atoms with Crippen molar-refractivity contribution in [2.24, 2.45) is 0 Å². The summed E-state index contributed by atoms with van der Waals surface area (Å²) in [7, 11) is 0. The molecule has 0 aliphatic heterocycles. The van der Waals surface area contributed by atoms with Crippen LogP contribution in [0.25, 0.3) is 6.08 Å². The molecule has 5 heteroatoms. The Bertz CT molecular complexity index is 628. The molecule has 0 radical (unpaired) electrons. The molecule has 0 unspecified atom stereocenters. The number of hydrogen-bond acceptors (Lipinski definition) is 3. The fraction of sp³-hybridized carbons (Fsp3) is 0.125. The van der Waals surface area contributed by atoms with Crippen molar-refractivity contribution in [3.63, 3.8) is 0 Å². The first-order valence-corrected chi connectivity index (χ1v) is 6.60. The normalized spacial score (nSPS) is 10.5. The molecule has 2 amide bonds. The van der Waals surface area contributed by atoms with Gasteiger partial charge in [0.15, 0.2) is 0 Å². The van der Waals surface area contributed by atoms with Crippen molar-refractivity contribution in [3.8, 4) is 0 Å². The van der Waals surface area contributed by atoms with E-state index in [2.05, 4.69) is 10.6 Å². The maximum atomic E-state index is 11.7. The van der Waals surface area contributed by atoms with Crippen LogP contribution in [0.5, 0.6) is 0 Å². The molecule has 1 heterocycles. The van der Waals surface area contributed by atoms with E-state index in [-0.39, 0.29) is 11.8 Å². The largest absolute Gasteiger partial charge is 0.465 e. The summed E-state index contributed by atoms with van der Waals surface area (Å²) in [5.41, 5.74) is 1.35. The van der Waals surface area contributed by atoms with Crippen molar-refractivity contribution in [1.29, 1.82) is 0 Å². The Hall–Kier alpha value is -2.82. The molecule has 0 fully saturated rings. The van der Waals surface area contributed by atoms with Crippen LogP contribution in [-0.4, -0.2) is 11.8 Å². The Kier molecular flexibility index (Phi) is 4.93. The highest BCUT2D eigenvalue weighted by molar-refractivity contribution is 6.02. The van der Waals surface area contributed by atoms with Crippen molar-refractivity contribution < 1.29 is 14.0 Å². The fourth-order valence-electron chi connectivity index (χ4n) is 1.61. The summed E-state index contributed by atoms with van der Waals surface area (Å²) in [6.45, 7) is 1.79. The molecule has 21 heavy (non-hydrogen) atoms. The lowest BCUT2D eigenvalue weighted by Gasteiger charge is -2.05. The van der Waals surface area contributed by atoms with Gasteiger partial charge in [0.2, 0.25) is 11.8 Å². The molecule has 108 valence electrons. The first kappa shape index (κ1) is 14.6. The highest BCUT2D eigenvalue weighted by Crippen LogP contribution is 2.14. The highest BCUT2D eigenvalue weighted by Gasteiger charge is 2.01. The van der Waals surface area contributed by atoms with E-state index in [1.807, 2.05) is 0 Å². The molecule has 0 saturated heterocycles. The zero-order valence-corrected chi connectivity index (χ0v) is 11.6. The average molecular weight is 284 g/mol. The highest BCUT2D eigenvalue weighted by atomic mass is 16.3. The number of rotatable bonds is 5. The fourth-order valence-corrected chi connectivity index (χ4v) is 1.61. The van der Waals surface area contributed by atoms with Gasteiger partial charge >= 0.3 is 0 Å². The van der Waals surface area contributed by atoms with Crippen LogP contribution in [0.1, 0.15) is 19.1 Å². The van der Waals surface area contributed by atoms with Crippen LogP contribution in [0.3, 0.4) is 0 Å². The van der Waals surface area contributed by atoms with E-state index in [0.717, 1.165) is 0 Å². The summed E-state index contributed by atoms with van der Waals surface area (Å²) < 4.78 is 5.09. The van der Waals surface area contributed by atoms with Gasteiger partial charge in [-0.05, 0) is 42.5 Å². The van der Waals surface area contributed by atoms with Gasteiger partial charge in [-0.3, -0.25) is 9.59 Å². The van der Waals surface area contributed by atoms with Gasteiger partial charge in [-0.1, -0.05) is 6.92 Å². The van der Waals surface area contributed by atoms with Gasteiger partial charge in [0, 0.05) is 23.9 Å². The van der Waals surface area contributed by atoms with Gasteiger partial charge < -0.3 is 15.1 Å². The molecule has 0 saturated carbocycles. The molecular formula is C16H16N2O3. The van der Waals surface area contributed by atoms with Crippen molar-refractivity contribution in [3.05, 3.63) is 54.5 Å². The first-order valence-electron chi connectivity index (χ1n) is 6.60. The minimum atomic E-state index is -0.253. The molecule has 0 atom stereocenters. The van der Waals surface area contributed by atoms with Gasteiger partial charge in [-0.15, -0.1) is 0 Å². The quantitative estimate of drug-likeness (QED) is 0.828. The summed E-state index contributed by atoms with van der Waals surface area (Å²) in [4.78, 5) is 23.0. The lowest BCUT2D eigenvalue weighted by molar-refractivity contribution is -0.116. The Morgan fingerprint density at radius 2 is 1.76 bits per heavy atom.